The average Bonchev–Trinajstić information content (AvgIpc) is 2.89. The minimum absolute atomic E-state index is 0.947. The first-order chi connectivity index (χ1) is 10.7. The molecule has 0 saturated heterocycles. The second-order valence-electron chi connectivity index (χ2n) is 5.85. The van der Waals surface area contributed by atoms with Crippen molar-refractivity contribution in [3.05, 3.63) is 66.0 Å². The molecular formula is C20H18NO+. The van der Waals surface area contributed by atoms with Crippen molar-refractivity contribution in [1.29, 1.82) is 0 Å². The van der Waals surface area contributed by atoms with Crippen molar-refractivity contribution in [3.63, 3.8) is 0 Å². The molecule has 2 aromatic heterocycles. The molecule has 4 aromatic rings. The quantitative estimate of drug-likeness (QED) is 0.464. The lowest BCUT2D eigenvalue weighted by Gasteiger charge is -2.08. The summed E-state index contributed by atoms with van der Waals surface area (Å²) in [6.45, 7) is 4.30. The molecule has 2 nitrogen and oxygen atoms in total. The highest BCUT2D eigenvalue weighted by atomic mass is 16.3. The van der Waals surface area contributed by atoms with Crippen molar-refractivity contribution >= 4 is 21.9 Å². The molecule has 108 valence electrons. The Morgan fingerprint density at radius 2 is 1.68 bits per heavy atom. The van der Waals surface area contributed by atoms with Gasteiger partial charge in [0.1, 0.15) is 18.2 Å². The van der Waals surface area contributed by atoms with E-state index in [0.29, 0.717) is 0 Å². The highest BCUT2D eigenvalue weighted by Gasteiger charge is 2.18. The number of benzene rings is 2. The Hall–Kier alpha value is -2.61. The number of aryl methyl sites for hydroxylation is 2. The van der Waals surface area contributed by atoms with Gasteiger partial charge in [-0.3, -0.25) is 0 Å². The van der Waals surface area contributed by atoms with Crippen molar-refractivity contribution in [3.8, 4) is 11.1 Å². The first kappa shape index (κ1) is 13.1. The Kier molecular flexibility index (Phi) is 2.80. The van der Waals surface area contributed by atoms with Gasteiger partial charge in [0.2, 0.25) is 0 Å². The van der Waals surface area contributed by atoms with Gasteiger partial charge in [-0.2, -0.15) is 0 Å². The van der Waals surface area contributed by atoms with E-state index in [9.17, 15) is 0 Å². The van der Waals surface area contributed by atoms with Gasteiger partial charge >= 0.3 is 0 Å². The number of para-hydroxylation sites is 1. The smallest absolute Gasteiger partial charge is 0.185 e. The number of fused-ring (bicyclic) bond motifs is 3. The van der Waals surface area contributed by atoms with E-state index in [1.54, 1.807) is 0 Å². The molecule has 0 saturated carbocycles. The minimum Gasteiger partial charge on any atom is -0.455 e. The van der Waals surface area contributed by atoms with E-state index in [1.807, 2.05) is 12.1 Å². The van der Waals surface area contributed by atoms with E-state index in [1.165, 1.54) is 33.2 Å². The van der Waals surface area contributed by atoms with Crippen LogP contribution >= 0.6 is 0 Å². The molecule has 0 aliphatic carbocycles. The number of nitrogens with zero attached hydrogens (tertiary/aromatic N) is 1. The van der Waals surface area contributed by atoms with Crippen LogP contribution in [0, 0.1) is 13.8 Å². The van der Waals surface area contributed by atoms with E-state index in [2.05, 4.69) is 68.1 Å². The molecule has 0 radical (unpaired) electrons. The van der Waals surface area contributed by atoms with Gasteiger partial charge in [0.05, 0.1) is 5.56 Å². The van der Waals surface area contributed by atoms with Crippen LogP contribution in [0.2, 0.25) is 0 Å². The highest BCUT2D eigenvalue weighted by Crippen LogP contribution is 2.38. The fourth-order valence-corrected chi connectivity index (χ4v) is 3.18. The summed E-state index contributed by atoms with van der Waals surface area (Å²) in [4.78, 5) is 0. The summed E-state index contributed by atoms with van der Waals surface area (Å²) in [7, 11) is 2.08. The molecule has 0 atom stereocenters. The maximum atomic E-state index is 6.20. The van der Waals surface area contributed by atoms with Gasteiger partial charge in [-0.05, 0) is 24.6 Å². The van der Waals surface area contributed by atoms with Crippen LogP contribution in [0.1, 0.15) is 11.3 Å². The number of pyridine rings is 1. The monoisotopic (exact) mass is 288 g/mol. The molecule has 0 spiro atoms. The van der Waals surface area contributed by atoms with E-state index in [0.717, 1.165) is 11.2 Å². The van der Waals surface area contributed by atoms with Crippen LogP contribution in [0.5, 0.6) is 0 Å². The fourth-order valence-electron chi connectivity index (χ4n) is 3.18. The zero-order chi connectivity index (χ0) is 15.3. The van der Waals surface area contributed by atoms with Gasteiger partial charge in [-0.1, -0.05) is 30.3 Å². The van der Waals surface area contributed by atoms with Crippen molar-refractivity contribution in [2.24, 2.45) is 7.05 Å². The van der Waals surface area contributed by atoms with Crippen LogP contribution in [-0.2, 0) is 7.05 Å². The van der Waals surface area contributed by atoms with Crippen LogP contribution in [0.15, 0.2) is 59.1 Å². The SMILES string of the molecule is Cc1ccc2c(oc3ccccc32)c1-c1ccc[n+](C)c1C. The lowest BCUT2D eigenvalue weighted by atomic mass is 9.96. The molecular weight excluding hydrogens is 270 g/mol. The van der Waals surface area contributed by atoms with Crippen LogP contribution in [-0.4, -0.2) is 0 Å². The van der Waals surface area contributed by atoms with E-state index >= 15 is 0 Å². The number of aromatic nitrogens is 1. The summed E-state index contributed by atoms with van der Waals surface area (Å²) in [6, 6.07) is 16.8. The molecule has 0 amide bonds. The molecule has 0 N–H and O–H groups in total. The van der Waals surface area contributed by atoms with Gasteiger partial charge in [-0.15, -0.1) is 0 Å². The number of rotatable bonds is 1. The molecule has 0 unspecified atom stereocenters. The lowest BCUT2D eigenvalue weighted by Crippen LogP contribution is -2.31. The number of hydrogen-bond acceptors (Lipinski definition) is 1. The van der Waals surface area contributed by atoms with E-state index in [-0.39, 0.29) is 0 Å². The standard InChI is InChI=1S/C20H18NO/c1-13-10-11-17-16-7-4-5-9-18(16)22-20(17)19(13)15-8-6-12-21(3)14(15)2/h4-12H,1-3H3/q+1. The summed E-state index contributed by atoms with van der Waals surface area (Å²) in [6.07, 6.45) is 2.08. The topological polar surface area (TPSA) is 17.0 Å². The van der Waals surface area contributed by atoms with E-state index < -0.39 is 0 Å². The molecule has 0 aliphatic heterocycles. The zero-order valence-electron chi connectivity index (χ0n) is 13.1. The van der Waals surface area contributed by atoms with E-state index in [4.69, 9.17) is 4.42 Å². The van der Waals surface area contributed by atoms with Gasteiger partial charge in [0.15, 0.2) is 11.9 Å². The zero-order valence-corrected chi connectivity index (χ0v) is 13.1. The Labute approximate surface area is 129 Å². The first-order valence-electron chi connectivity index (χ1n) is 7.53. The van der Waals surface area contributed by atoms with Gasteiger partial charge < -0.3 is 4.42 Å². The predicted molar refractivity (Wildman–Crippen MR) is 89.8 cm³/mol. The second-order valence-corrected chi connectivity index (χ2v) is 5.85. The first-order valence-corrected chi connectivity index (χ1v) is 7.53. The fraction of sp³-hybridized carbons (Fsp3) is 0.150. The van der Waals surface area contributed by atoms with Gasteiger partial charge in [0, 0.05) is 29.3 Å². The summed E-state index contributed by atoms with van der Waals surface area (Å²) in [5, 5.41) is 2.36. The third-order valence-corrected chi connectivity index (χ3v) is 4.52. The van der Waals surface area contributed by atoms with Crippen molar-refractivity contribution in [2.75, 3.05) is 0 Å². The summed E-state index contributed by atoms with van der Waals surface area (Å²) in [5.41, 5.74) is 6.83. The van der Waals surface area contributed by atoms with Crippen molar-refractivity contribution in [1.82, 2.24) is 0 Å². The van der Waals surface area contributed by atoms with Crippen LogP contribution in [0.3, 0.4) is 0 Å². The molecule has 0 bridgehead atoms. The number of hydrogen-bond donors (Lipinski definition) is 0. The van der Waals surface area contributed by atoms with Gasteiger partial charge in [-0.25, -0.2) is 4.57 Å². The Bertz CT molecular complexity index is 1010. The molecule has 22 heavy (non-hydrogen) atoms. The Balaban J connectivity index is 2.17. The third kappa shape index (κ3) is 1.77. The van der Waals surface area contributed by atoms with Gasteiger partial charge in [0.25, 0.3) is 0 Å². The Morgan fingerprint density at radius 3 is 2.55 bits per heavy atom. The maximum Gasteiger partial charge on any atom is 0.185 e. The summed E-state index contributed by atoms with van der Waals surface area (Å²) < 4.78 is 8.35. The third-order valence-electron chi connectivity index (χ3n) is 4.52. The largest absolute Gasteiger partial charge is 0.455 e. The molecule has 2 heterocycles. The Morgan fingerprint density at radius 1 is 0.864 bits per heavy atom. The van der Waals surface area contributed by atoms with Crippen molar-refractivity contribution < 1.29 is 8.98 Å². The molecule has 0 aliphatic rings. The predicted octanol–water partition coefficient (Wildman–Crippen LogP) is 4.69. The van der Waals surface area contributed by atoms with Crippen LogP contribution in [0.4, 0.5) is 0 Å². The minimum atomic E-state index is 0.947. The lowest BCUT2D eigenvalue weighted by molar-refractivity contribution is -0.677. The summed E-state index contributed by atoms with van der Waals surface area (Å²) >= 11 is 0. The molecule has 0 fully saturated rings. The second kappa shape index (κ2) is 4.70. The molecule has 2 heteroatoms. The highest BCUT2D eigenvalue weighted by molar-refractivity contribution is 6.10. The van der Waals surface area contributed by atoms with Crippen molar-refractivity contribution in [2.45, 2.75) is 13.8 Å². The summed E-state index contributed by atoms with van der Waals surface area (Å²) in [5.74, 6) is 0. The van der Waals surface area contributed by atoms with Crippen LogP contribution < -0.4 is 4.57 Å². The number of furan rings is 1. The molecule has 4 rings (SSSR count). The van der Waals surface area contributed by atoms with Crippen LogP contribution in [0.25, 0.3) is 33.1 Å². The molecule has 2 aromatic carbocycles. The normalized spacial score (nSPS) is 11.4. The average molecular weight is 288 g/mol. The maximum absolute atomic E-state index is 6.20.